The van der Waals surface area contributed by atoms with Crippen molar-refractivity contribution in [2.45, 2.75) is 5.41 Å². The van der Waals surface area contributed by atoms with Gasteiger partial charge < -0.3 is 4.74 Å². The maximum absolute atomic E-state index is 6.73. The van der Waals surface area contributed by atoms with Gasteiger partial charge in [0, 0.05) is 32.3 Å². The molecule has 0 fully saturated rings. The second kappa shape index (κ2) is 13.2. The third-order valence-corrected chi connectivity index (χ3v) is 13.9. The molecule has 0 N–H and O–H groups in total. The van der Waals surface area contributed by atoms with Gasteiger partial charge in [-0.2, -0.15) is 0 Å². The highest BCUT2D eigenvalue weighted by molar-refractivity contribution is 7.26. The molecule has 13 rings (SSSR count). The Morgan fingerprint density at radius 2 is 1.07 bits per heavy atom. The molecule has 2 aromatic heterocycles. The summed E-state index contributed by atoms with van der Waals surface area (Å²) in [4.78, 5) is 10.8. The van der Waals surface area contributed by atoms with Crippen molar-refractivity contribution in [3.8, 4) is 67.5 Å². The highest BCUT2D eigenvalue weighted by Gasteiger charge is 2.52. The third kappa shape index (κ3) is 4.91. The molecule has 2 aliphatic rings. The van der Waals surface area contributed by atoms with Crippen molar-refractivity contribution >= 4 is 42.4 Å². The number of nitrogens with zero attached hydrogens (tertiary/aromatic N) is 2. The lowest BCUT2D eigenvalue weighted by molar-refractivity contribution is 0.437. The minimum atomic E-state index is -0.619. The lowest BCUT2D eigenvalue weighted by atomic mass is 9.65. The predicted molar refractivity (Wildman–Crippen MR) is 252 cm³/mol. The van der Waals surface area contributed by atoms with Crippen molar-refractivity contribution in [2.24, 2.45) is 0 Å². The van der Waals surface area contributed by atoms with Gasteiger partial charge in [-0.25, -0.2) is 9.97 Å². The lowest BCUT2D eigenvalue weighted by Gasteiger charge is -2.39. The molecule has 0 atom stereocenters. The van der Waals surface area contributed by atoms with Crippen LogP contribution in [0.2, 0.25) is 0 Å². The van der Waals surface area contributed by atoms with Crippen LogP contribution >= 0.6 is 11.3 Å². The van der Waals surface area contributed by atoms with Gasteiger partial charge in [0.05, 0.1) is 21.3 Å². The fourth-order valence-corrected chi connectivity index (χ4v) is 11.4. The average Bonchev–Trinajstić information content (AvgIpc) is 3.86. The van der Waals surface area contributed by atoms with E-state index < -0.39 is 5.41 Å². The summed E-state index contributed by atoms with van der Waals surface area (Å²) in [7, 11) is 0. The van der Waals surface area contributed by atoms with E-state index in [0.717, 1.165) is 60.6 Å². The highest BCUT2D eigenvalue weighted by Crippen LogP contribution is 2.65. The first-order valence-electron chi connectivity index (χ1n) is 20.7. The molecule has 3 nitrogen and oxygen atoms in total. The van der Waals surface area contributed by atoms with Gasteiger partial charge in [0.2, 0.25) is 0 Å². The number of hydrogen-bond acceptors (Lipinski definition) is 4. The van der Waals surface area contributed by atoms with Crippen molar-refractivity contribution in [1.29, 1.82) is 0 Å². The molecule has 61 heavy (non-hydrogen) atoms. The summed E-state index contributed by atoms with van der Waals surface area (Å²) < 4.78 is 9.00. The summed E-state index contributed by atoms with van der Waals surface area (Å²) in [6.45, 7) is 0. The number of benzene rings is 9. The SMILES string of the molecule is c1ccc(-c2ccc3c(c2)sc2c(-c4ccccc4-c4cccc5c4-c4ccc6ccccc6c4C54c5ccccc5Oc5ccccc54)nc(-c4ccccc4)nc23)cc1. The van der Waals surface area contributed by atoms with Gasteiger partial charge >= 0.3 is 0 Å². The Hall–Kier alpha value is -7.66. The van der Waals surface area contributed by atoms with Crippen LogP contribution in [0.1, 0.15) is 22.3 Å². The van der Waals surface area contributed by atoms with Gasteiger partial charge in [-0.3, -0.25) is 0 Å². The van der Waals surface area contributed by atoms with Crippen molar-refractivity contribution in [3.05, 3.63) is 229 Å². The molecule has 284 valence electrons. The van der Waals surface area contributed by atoms with E-state index in [9.17, 15) is 0 Å². The van der Waals surface area contributed by atoms with Crippen molar-refractivity contribution in [3.63, 3.8) is 0 Å². The molecular formula is C57H34N2OS. The van der Waals surface area contributed by atoms with Gasteiger partial charge in [0.15, 0.2) is 5.82 Å². The van der Waals surface area contributed by atoms with E-state index >= 15 is 0 Å². The Morgan fingerprint density at radius 3 is 1.85 bits per heavy atom. The zero-order valence-electron chi connectivity index (χ0n) is 32.8. The van der Waals surface area contributed by atoms with E-state index in [1.807, 2.05) is 6.07 Å². The topological polar surface area (TPSA) is 35.0 Å². The van der Waals surface area contributed by atoms with E-state index in [-0.39, 0.29) is 0 Å². The summed E-state index contributed by atoms with van der Waals surface area (Å²) in [6.07, 6.45) is 0. The fraction of sp³-hybridized carbons (Fsp3) is 0.0175. The van der Waals surface area contributed by atoms with E-state index in [4.69, 9.17) is 14.7 Å². The second-order valence-electron chi connectivity index (χ2n) is 15.9. The zero-order valence-corrected chi connectivity index (χ0v) is 33.7. The van der Waals surface area contributed by atoms with Crippen LogP contribution in [0.5, 0.6) is 11.5 Å². The van der Waals surface area contributed by atoms with Crippen LogP contribution in [-0.2, 0) is 5.41 Å². The molecule has 0 radical (unpaired) electrons. The summed E-state index contributed by atoms with van der Waals surface area (Å²) >= 11 is 1.78. The normalized spacial score (nSPS) is 13.2. The Labute approximate surface area is 356 Å². The van der Waals surface area contributed by atoms with E-state index in [1.54, 1.807) is 11.3 Å². The molecule has 0 saturated heterocycles. The Morgan fingerprint density at radius 1 is 0.426 bits per heavy atom. The second-order valence-corrected chi connectivity index (χ2v) is 17.0. The first-order chi connectivity index (χ1) is 30.3. The van der Waals surface area contributed by atoms with Crippen LogP contribution in [0.3, 0.4) is 0 Å². The van der Waals surface area contributed by atoms with Crippen LogP contribution in [0, 0.1) is 0 Å². The average molecular weight is 795 g/mol. The first kappa shape index (κ1) is 34.2. The number of fused-ring (bicyclic) bond motifs is 14. The van der Waals surface area contributed by atoms with Crippen molar-refractivity contribution in [1.82, 2.24) is 9.97 Å². The molecule has 1 aliphatic carbocycles. The van der Waals surface area contributed by atoms with E-state index in [1.165, 1.54) is 54.4 Å². The first-order valence-corrected chi connectivity index (χ1v) is 21.6. The van der Waals surface area contributed by atoms with Crippen LogP contribution < -0.4 is 4.74 Å². The highest BCUT2D eigenvalue weighted by atomic mass is 32.1. The molecular weight excluding hydrogens is 761 g/mol. The molecule has 9 aromatic carbocycles. The van der Waals surface area contributed by atoms with Crippen molar-refractivity contribution in [2.75, 3.05) is 0 Å². The zero-order chi connectivity index (χ0) is 40.1. The molecule has 1 spiro atoms. The molecule has 0 saturated carbocycles. The number of para-hydroxylation sites is 2. The molecule has 0 unspecified atom stereocenters. The number of thiophene rings is 1. The maximum atomic E-state index is 6.73. The van der Waals surface area contributed by atoms with Crippen LogP contribution in [-0.4, -0.2) is 9.97 Å². The summed E-state index contributed by atoms with van der Waals surface area (Å²) in [6, 6.07) is 74.2. The quantitative estimate of drug-likeness (QED) is 0.178. The van der Waals surface area contributed by atoms with E-state index in [0.29, 0.717) is 5.82 Å². The van der Waals surface area contributed by atoms with Gasteiger partial charge in [0.1, 0.15) is 11.5 Å². The van der Waals surface area contributed by atoms with Gasteiger partial charge in [-0.1, -0.05) is 188 Å². The van der Waals surface area contributed by atoms with E-state index in [2.05, 4.69) is 200 Å². The largest absolute Gasteiger partial charge is 0.457 e. The van der Waals surface area contributed by atoms with Crippen LogP contribution in [0.4, 0.5) is 0 Å². The monoisotopic (exact) mass is 794 g/mol. The number of ether oxygens (including phenoxy) is 1. The summed E-state index contributed by atoms with van der Waals surface area (Å²) in [5.74, 6) is 2.49. The molecule has 0 bridgehead atoms. The van der Waals surface area contributed by atoms with Gasteiger partial charge in [0.25, 0.3) is 0 Å². The smallest absolute Gasteiger partial charge is 0.160 e. The number of hydrogen-bond donors (Lipinski definition) is 0. The number of rotatable bonds is 4. The molecule has 3 heterocycles. The Kier molecular flexibility index (Phi) is 7.39. The molecule has 0 amide bonds. The lowest BCUT2D eigenvalue weighted by Crippen LogP contribution is -2.32. The number of aromatic nitrogens is 2. The minimum absolute atomic E-state index is 0.619. The fourth-order valence-electron chi connectivity index (χ4n) is 10.2. The summed E-state index contributed by atoms with van der Waals surface area (Å²) in [5, 5.41) is 3.60. The van der Waals surface area contributed by atoms with Crippen LogP contribution in [0.15, 0.2) is 206 Å². The third-order valence-electron chi connectivity index (χ3n) is 12.8. The maximum Gasteiger partial charge on any atom is 0.160 e. The Balaban J connectivity index is 1.12. The van der Waals surface area contributed by atoms with Gasteiger partial charge in [-0.15, -0.1) is 11.3 Å². The summed E-state index contributed by atoms with van der Waals surface area (Å²) in [5.41, 5.74) is 15.4. The minimum Gasteiger partial charge on any atom is -0.457 e. The molecule has 11 aromatic rings. The standard InChI is InChI=1S/C57H34N2OS/c1-3-16-35(17-4-1)38-31-32-43-50(34-38)61-55-53(58-56(59-54(43)55)37-19-5-2-6-20-37)42-23-10-9-22-40(42)41-24-15-27-47-51(41)44-33-30-36-18-7-8-21-39(36)52(44)57(47)45-25-11-13-28-48(45)60-49-29-14-12-26-46(49)57/h1-34H. The molecule has 1 aliphatic heterocycles. The molecule has 4 heteroatoms. The van der Waals surface area contributed by atoms with Crippen LogP contribution in [0.25, 0.3) is 87.1 Å². The van der Waals surface area contributed by atoms with Gasteiger partial charge in [-0.05, 0) is 73.5 Å². The Bertz CT molecular complexity index is 3530. The van der Waals surface area contributed by atoms with Crippen molar-refractivity contribution < 1.29 is 4.74 Å². The predicted octanol–water partition coefficient (Wildman–Crippen LogP) is 15.1.